The van der Waals surface area contributed by atoms with Crippen LogP contribution in [0.4, 0.5) is 16.2 Å². The van der Waals surface area contributed by atoms with Crippen molar-refractivity contribution in [3.05, 3.63) is 41.8 Å². The molecule has 1 aromatic carbocycles. The Hall–Kier alpha value is -2.74. The summed E-state index contributed by atoms with van der Waals surface area (Å²) in [6.07, 6.45) is 2.73. The standard InChI is InChI=1S/C16H18FN5O2/c1-23-14-5-3-2-4-12(14)10-19-21-16-18-11-13(17)15(20-16)22-6-8-24-9-7-22/h2-5,10-11H,6-9H2,1H3,(H,18,20,21)/b19-10-. The van der Waals surface area contributed by atoms with Gasteiger partial charge in [0.1, 0.15) is 5.75 Å². The van der Waals surface area contributed by atoms with Gasteiger partial charge < -0.3 is 14.4 Å². The monoisotopic (exact) mass is 331 g/mol. The first-order chi connectivity index (χ1) is 11.8. The molecule has 0 spiro atoms. The summed E-state index contributed by atoms with van der Waals surface area (Å²) in [5.74, 6) is 0.723. The number of hydrazone groups is 1. The van der Waals surface area contributed by atoms with Crippen LogP contribution in [0.1, 0.15) is 5.56 Å². The van der Waals surface area contributed by atoms with Gasteiger partial charge in [-0.3, -0.25) is 0 Å². The molecule has 1 aliphatic heterocycles. The molecule has 2 heterocycles. The number of morpholine rings is 1. The second-order valence-electron chi connectivity index (χ2n) is 5.08. The molecule has 0 radical (unpaired) electrons. The molecule has 0 atom stereocenters. The molecule has 1 fully saturated rings. The molecule has 1 aromatic heterocycles. The number of anilines is 2. The Bertz CT molecular complexity index is 719. The zero-order chi connectivity index (χ0) is 16.8. The van der Waals surface area contributed by atoms with Gasteiger partial charge >= 0.3 is 0 Å². The molecular weight excluding hydrogens is 313 g/mol. The van der Waals surface area contributed by atoms with Crippen molar-refractivity contribution >= 4 is 18.0 Å². The van der Waals surface area contributed by atoms with Crippen LogP contribution in [0.15, 0.2) is 35.6 Å². The topological polar surface area (TPSA) is 71.9 Å². The highest BCUT2D eigenvalue weighted by Crippen LogP contribution is 2.19. The molecule has 0 bridgehead atoms. The average molecular weight is 331 g/mol. The highest BCUT2D eigenvalue weighted by molar-refractivity contribution is 5.83. The molecule has 0 amide bonds. The SMILES string of the molecule is COc1ccccc1/C=N\Nc1ncc(F)c(N2CCOCC2)n1. The summed E-state index contributed by atoms with van der Waals surface area (Å²) in [7, 11) is 1.60. The van der Waals surface area contributed by atoms with Crippen LogP contribution in [0, 0.1) is 5.82 Å². The fourth-order valence-corrected chi connectivity index (χ4v) is 2.34. The molecule has 3 rings (SSSR count). The molecule has 0 unspecified atom stereocenters. The minimum Gasteiger partial charge on any atom is -0.496 e. The van der Waals surface area contributed by atoms with Crippen molar-refractivity contribution < 1.29 is 13.9 Å². The number of rotatable bonds is 5. The third-order valence-corrected chi connectivity index (χ3v) is 3.54. The second kappa shape index (κ2) is 7.69. The van der Waals surface area contributed by atoms with Crippen molar-refractivity contribution in [2.75, 3.05) is 43.7 Å². The van der Waals surface area contributed by atoms with E-state index in [0.717, 1.165) is 11.8 Å². The Morgan fingerprint density at radius 3 is 2.92 bits per heavy atom. The summed E-state index contributed by atoms with van der Waals surface area (Å²) in [5.41, 5.74) is 3.53. The van der Waals surface area contributed by atoms with E-state index < -0.39 is 5.82 Å². The third-order valence-electron chi connectivity index (χ3n) is 3.54. The lowest BCUT2D eigenvalue weighted by molar-refractivity contribution is 0.122. The Kier molecular flexibility index (Phi) is 5.17. The molecule has 0 saturated carbocycles. The highest BCUT2D eigenvalue weighted by Gasteiger charge is 2.17. The lowest BCUT2D eigenvalue weighted by Gasteiger charge is -2.27. The predicted molar refractivity (Wildman–Crippen MR) is 89.2 cm³/mol. The van der Waals surface area contributed by atoms with Crippen molar-refractivity contribution in [3.63, 3.8) is 0 Å². The van der Waals surface area contributed by atoms with E-state index in [1.54, 1.807) is 13.3 Å². The van der Waals surface area contributed by atoms with E-state index in [9.17, 15) is 4.39 Å². The molecule has 1 aliphatic rings. The van der Waals surface area contributed by atoms with Gasteiger partial charge in [-0.05, 0) is 12.1 Å². The fourth-order valence-electron chi connectivity index (χ4n) is 2.34. The van der Waals surface area contributed by atoms with E-state index in [1.807, 2.05) is 29.2 Å². The summed E-state index contributed by atoms with van der Waals surface area (Å²) in [6.45, 7) is 2.30. The van der Waals surface area contributed by atoms with Gasteiger partial charge in [0.2, 0.25) is 5.95 Å². The average Bonchev–Trinajstić information content (AvgIpc) is 2.64. The number of benzene rings is 1. The number of hydrogen-bond donors (Lipinski definition) is 1. The van der Waals surface area contributed by atoms with Gasteiger partial charge in [-0.1, -0.05) is 12.1 Å². The molecule has 8 heteroatoms. The van der Waals surface area contributed by atoms with E-state index in [2.05, 4.69) is 20.5 Å². The van der Waals surface area contributed by atoms with E-state index >= 15 is 0 Å². The van der Waals surface area contributed by atoms with Gasteiger partial charge in [-0.15, -0.1) is 0 Å². The number of halogens is 1. The van der Waals surface area contributed by atoms with Crippen LogP contribution < -0.4 is 15.1 Å². The first-order valence-corrected chi connectivity index (χ1v) is 7.55. The smallest absolute Gasteiger partial charge is 0.245 e. The van der Waals surface area contributed by atoms with Crippen molar-refractivity contribution in [2.45, 2.75) is 0 Å². The Balaban J connectivity index is 1.72. The van der Waals surface area contributed by atoms with Crippen LogP contribution >= 0.6 is 0 Å². The zero-order valence-electron chi connectivity index (χ0n) is 13.3. The van der Waals surface area contributed by atoms with Crippen molar-refractivity contribution in [3.8, 4) is 5.75 Å². The normalized spacial score (nSPS) is 14.8. The van der Waals surface area contributed by atoms with Gasteiger partial charge in [-0.2, -0.15) is 10.1 Å². The maximum absolute atomic E-state index is 13.9. The van der Waals surface area contributed by atoms with Crippen LogP contribution in [0.2, 0.25) is 0 Å². The highest BCUT2D eigenvalue weighted by atomic mass is 19.1. The van der Waals surface area contributed by atoms with E-state index in [0.29, 0.717) is 32.1 Å². The fraction of sp³-hybridized carbons (Fsp3) is 0.312. The van der Waals surface area contributed by atoms with E-state index in [-0.39, 0.29) is 11.8 Å². The zero-order valence-corrected chi connectivity index (χ0v) is 13.3. The van der Waals surface area contributed by atoms with Crippen LogP contribution in [0.3, 0.4) is 0 Å². The molecule has 1 N–H and O–H groups in total. The first-order valence-electron chi connectivity index (χ1n) is 7.55. The summed E-state index contributed by atoms with van der Waals surface area (Å²) >= 11 is 0. The maximum atomic E-state index is 13.9. The van der Waals surface area contributed by atoms with Crippen LogP contribution in [-0.4, -0.2) is 49.6 Å². The summed E-state index contributed by atoms with van der Waals surface area (Å²) in [6, 6.07) is 7.47. The largest absolute Gasteiger partial charge is 0.496 e. The minimum atomic E-state index is -0.462. The number of nitrogens with one attached hydrogen (secondary N) is 1. The molecule has 7 nitrogen and oxygen atoms in total. The van der Waals surface area contributed by atoms with Gasteiger partial charge in [0.15, 0.2) is 11.6 Å². The van der Waals surface area contributed by atoms with Crippen LogP contribution in [-0.2, 0) is 4.74 Å². The van der Waals surface area contributed by atoms with Crippen LogP contribution in [0.25, 0.3) is 0 Å². The quantitative estimate of drug-likeness (QED) is 0.666. The van der Waals surface area contributed by atoms with Gasteiger partial charge in [0.25, 0.3) is 0 Å². The lowest BCUT2D eigenvalue weighted by atomic mass is 10.2. The Morgan fingerprint density at radius 1 is 1.33 bits per heavy atom. The molecular formula is C16H18FN5O2. The molecule has 126 valence electrons. The van der Waals surface area contributed by atoms with Gasteiger partial charge in [-0.25, -0.2) is 14.8 Å². The van der Waals surface area contributed by atoms with Crippen LogP contribution in [0.5, 0.6) is 5.75 Å². The third kappa shape index (κ3) is 3.77. The molecule has 2 aromatic rings. The molecule has 1 saturated heterocycles. The summed E-state index contributed by atoms with van der Waals surface area (Å²) in [4.78, 5) is 9.93. The van der Waals surface area contributed by atoms with Crippen molar-refractivity contribution in [2.24, 2.45) is 5.10 Å². The first kappa shape index (κ1) is 16.1. The molecule has 24 heavy (non-hydrogen) atoms. The number of aromatic nitrogens is 2. The number of nitrogens with zero attached hydrogens (tertiary/aromatic N) is 4. The number of hydrogen-bond acceptors (Lipinski definition) is 7. The summed E-state index contributed by atoms with van der Waals surface area (Å²) < 4.78 is 24.5. The Morgan fingerprint density at radius 2 is 2.12 bits per heavy atom. The Labute approximate surface area is 139 Å². The van der Waals surface area contributed by atoms with Crippen molar-refractivity contribution in [1.29, 1.82) is 0 Å². The lowest BCUT2D eigenvalue weighted by Crippen LogP contribution is -2.37. The second-order valence-corrected chi connectivity index (χ2v) is 5.08. The maximum Gasteiger partial charge on any atom is 0.245 e. The number of para-hydroxylation sites is 1. The number of methoxy groups -OCH3 is 1. The van der Waals surface area contributed by atoms with E-state index in [1.165, 1.54) is 0 Å². The van der Waals surface area contributed by atoms with Crippen molar-refractivity contribution in [1.82, 2.24) is 9.97 Å². The number of ether oxygens (including phenoxy) is 2. The molecule has 0 aliphatic carbocycles. The van der Waals surface area contributed by atoms with Gasteiger partial charge in [0.05, 0.1) is 32.7 Å². The minimum absolute atomic E-state index is 0.226. The van der Waals surface area contributed by atoms with E-state index in [4.69, 9.17) is 9.47 Å². The van der Waals surface area contributed by atoms with Gasteiger partial charge in [0, 0.05) is 18.7 Å². The summed E-state index contributed by atoms with van der Waals surface area (Å²) in [5, 5.41) is 4.09. The predicted octanol–water partition coefficient (Wildman–Crippen LogP) is 1.91.